The Labute approximate surface area is 104 Å². The first kappa shape index (κ1) is 14.3. The van der Waals surface area contributed by atoms with Crippen molar-refractivity contribution in [1.29, 1.82) is 0 Å². The van der Waals surface area contributed by atoms with Crippen LogP contribution >= 0.6 is 0 Å². The molecule has 5 nitrogen and oxygen atoms in total. The Bertz CT molecular complexity index is 226. The Morgan fingerprint density at radius 3 is 2.65 bits per heavy atom. The number of rotatable bonds is 5. The van der Waals surface area contributed by atoms with Crippen molar-refractivity contribution in [3.05, 3.63) is 0 Å². The van der Waals surface area contributed by atoms with E-state index in [1.165, 1.54) is 0 Å². The normalized spacial score (nSPS) is 19.1. The number of hydrogen-bond acceptors (Lipinski definition) is 3. The molecule has 1 rings (SSSR count). The molecule has 1 saturated heterocycles. The second-order valence-corrected chi connectivity index (χ2v) is 4.95. The molecule has 0 saturated carbocycles. The van der Waals surface area contributed by atoms with Crippen molar-refractivity contribution < 1.29 is 9.90 Å². The lowest BCUT2D eigenvalue weighted by atomic mass is 10.00. The molecular weight excluding hydrogens is 218 g/mol. The van der Waals surface area contributed by atoms with Crippen LogP contribution in [0.4, 0.5) is 4.79 Å². The fourth-order valence-electron chi connectivity index (χ4n) is 1.89. The summed E-state index contributed by atoms with van der Waals surface area (Å²) >= 11 is 0. The van der Waals surface area contributed by atoms with Gasteiger partial charge in [0, 0.05) is 32.7 Å². The summed E-state index contributed by atoms with van der Waals surface area (Å²) in [6.07, 6.45) is 1.87. The number of carbonyl (C=O) groups excluding carboxylic acids is 1. The van der Waals surface area contributed by atoms with Gasteiger partial charge in [-0.25, -0.2) is 4.79 Å². The first-order valence-electron chi connectivity index (χ1n) is 6.51. The number of piperidine rings is 1. The Morgan fingerprint density at radius 1 is 1.41 bits per heavy atom. The maximum absolute atomic E-state index is 11.7. The molecule has 1 aliphatic heterocycles. The molecule has 0 bridgehead atoms. The summed E-state index contributed by atoms with van der Waals surface area (Å²) in [4.78, 5) is 13.6. The highest BCUT2D eigenvalue weighted by atomic mass is 16.3. The molecule has 0 aromatic heterocycles. The highest BCUT2D eigenvalue weighted by Gasteiger charge is 2.19. The lowest BCUT2D eigenvalue weighted by Crippen LogP contribution is -2.46. The minimum atomic E-state index is -0.339. The number of urea groups is 1. The molecule has 5 heteroatoms. The van der Waals surface area contributed by atoms with Gasteiger partial charge in [-0.3, -0.25) is 0 Å². The second kappa shape index (κ2) is 7.50. The van der Waals surface area contributed by atoms with Gasteiger partial charge in [0.15, 0.2) is 0 Å². The van der Waals surface area contributed by atoms with Gasteiger partial charge in [-0.05, 0) is 25.7 Å². The van der Waals surface area contributed by atoms with Crippen molar-refractivity contribution in [2.75, 3.05) is 32.7 Å². The Hall–Kier alpha value is -0.810. The molecule has 0 radical (unpaired) electrons. The van der Waals surface area contributed by atoms with Crippen molar-refractivity contribution in [2.45, 2.75) is 32.8 Å². The largest absolute Gasteiger partial charge is 0.392 e. The number of nitrogens with one attached hydrogen (secondary N) is 2. The highest BCUT2D eigenvalue weighted by molar-refractivity contribution is 5.74. The summed E-state index contributed by atoms with van der Waals surface area (Å²) in [7, 11) is 0. The van der Waals surface area contributed by atoms with E-state index in [9.17, 15) is 4.79 Å². The molecule has 1 unspecified atom stereocenters. The van der Waals surface area contributed by atoms with Gasteiger partial charge in [0.05, 0.1) is 6.10 Å². The molecule has 0 aromatic carbocycles. The summed E-state index contributed by atoms with van der Waals surface area (Å²) in [5.74, 6) is 0.742. The van der Waals surface area contributed by atoms with E-state index in [0.717, 1.165) is 31.8 Å². The quantitative estimate of drug-likeness (QED) is 0.612. The molecule has 2 amide bonds. The number of aliphatic hydroxyl groups is 1. The number of hydrogen-bond donors (Lipinski definition) is 3. The zero-order valence-corrected chi connectivity index (χ0v) is 10.9. The average Bonchev–Trinajstić information content (AvgIpc) is 2.29. The molecule has 1 aliphatic rings. The van der Waals surface area contributed by atoms with Gasteiger partial charge in [-0.15, -0.1) is 0 Å². The summed E-state index contributed by atoms with van der Waals surface area (Å²) in [5.41, 5.74) is 0. The van der Waals surface area contributed by atoms with Crippen molar-refractivity contribution in [2.24, 2.45) is 5.92 Å². The van der Waals surface area contributed by atoms with Crippen molar-refractivity contribution in [1.82, 2.24) is 15.5 Å². The third-order valence-corrected chi connectivity index (χ3v) is 3.09. The molecule has 100 valence electrons. The molecule has 1 fully saturated rings. The molecule has 1 atom stereocenters. The van der Waals surface area contributed by atoms with Crippen molar-refractivity contribution >= 4 is 6.03 Å². The van der Waals surface area contributed by atoms with Crippen LogP contribution in [0.3, 0.4) is 0 Å². The van der Waals surface area contributed by atoms with E-state index in [0.29, 0.717) is 19.6 Å². The van der Waals surface area contributed by atoms with E-state index in [1.54, 1.807) is 6.92 Å². The van der Waals surface area contributed by atoms with E-state index in [2.05, 4.69) is 17.6 Å². The molecular formula is C12H25N3O2. The molecule has 0 spiro atoms. The van der Waals surface area contributed by atoms with Crippen LogP contribution in [0.15, 0.2) is 0 Å². The minimum absolute atomic E-state index is 0.0377. The van der Waals surface area contributed by atoms with Crippen molar-refractivity contribution in [3.63, 3.8) is 0 Å². The van der Waals surface area contributed by atoms with Crippen LogP contribution in [0.5, 0.6) is 0 Å². The molecule has 17 heavy (non-hydrogen) atoms. The molecule has 1 heterocycles. The number of amides is 2. The van der Waals surface area contributed by atoms with Crippen molar-refractivity contribution in [3.8, 4) is 0 Å². The SMILES string of the molecule is CC(O)CNCCNC(=O)N1CCC(C)CC1. The van der Waals surface area contributed by atoms with Crippen LogP contribution in [0.1, 0.15) is 26.7 Å². The van der Waals surface area contributed by atoms with E-state index >= 15 is 0 Å². The number of likely N-dealkylation sites (tertiary alicyclic amines) is 1. The lowest BCUT2D eigenvalue weighted by Gasteiger charge is -2.30. The predicted molar refractivity (Wildman–Crippen MR) is 67.9 cm³/mol. The maximum atomic E-state index is 11.7. The zero-order chi connectivity index (χ0) is 12.7. The average molecular weight is 243 g/mol. The summed E-state index contributed by atoms with van der Waals surface area (Å²) in [6, 6.07) is 0.0377. The lowest BCUT2D eigenvalue weighted by molar-refractivity contribution is 0.173. The summed E-state index contributed by atoms with van der Waals surface area (Å²) < 4.78 is 0. The van der Waals surface area contributed by atoms with E-state index in [1.807, 2.05) is 4.90 Å². The van der Waals surface area contributed by atoms with Gasteiger partial charge in [0.1, 0.15) is 0 Å². The van der Waals surface area contributed by atoms with Gasteiger partial charge in [-0.2, -0.15) is 0 Å². The third kappa shape index (κ3) is 5.89. The van der Waals surface area contributed by atoms with E-state index < -0.39 is 0 Å². The third-order valence-electron chi connectivity index (χ3n) is 3.09. The van der Waals surface area contributed by atoms with Gasteiger partial charge in [0.2, 0.25) is 0 Å². The van der Waals surface area contributed by atoms with Gasteiger partial charge < -0.3 is 20.6 Å². The summed E-state index contributed by atoms with van der Waals surface area (Å²) in [5, 5.41) is 15.0. The van der Waals surface area contributed by atoms with Crippen LogP contribution in [0.25, 0.3) is 0 Å². The zero-order valence-electron chi connectivity index (χ0n) is 10.9. The predicted octanol–water partition coefficient (Wildman–Crippen LogP) is 0.398. The van der Waals surface area contributed by atoms with Crippen LogP contribution in [-0.4, -0.2) is 54.9 Å². The van der Waals surface area contributed by atoms with Crippen LogP contribution < -0.4 is 10.6 Å². The van der Waals surface area contributed by atoms with Crippen LogP contribution in [-0.2, 0) is 0 Å². The second-order valence-electron chi connectivity index (χ2n) is 4.95. The minimum Gasteiger partial charge on any atom is -0.392 e. The first-order chi connectivity index (χ1) is 8.09. The monoisotopic (exact) mass is 243 g/mol. The first-order valence-corrected chi connectivity index (χ1v) is 6.51. The smallest absolute Gasteiger partial charge is 0.317 e. The van der Waals surface area contributed by atoms with E-state index in [4.69, 9.17) is 5.11 Å². The van der Waals surface area contributed by atoms with Gasteiger partial charge in [0.25, 0.3) is 0 Å². The molecule has 0 aromatic rings. The summed E-state index contributed by atoms with van der Waals surface area (Å²) in [6.45, 7) is 7.58. The Kier molecular flexibility index (Phi) is 6.29. The Morgan fingerprint density at radius 2 is 2.06 bits per heavy atom. The number of nitrogens with zero attached hydrogens (tertiary/aromatic N) is 1. The highest BCUT2D eigenvalue weighted by Crippen LogP contribution is 2.15. The topological polar surface area (TPSA) is 64.6 Å². The van der Waals surface area contributed by atoms with E-state index in [-0.39, 0.29) is 12.1 Å². The standard InChI is InChI=1S/C12H25N3O2/c1-10-3-7-15(8-4-10)12(17)14-6-5-13-9-11(2)16/h10-11,13,16H,3-9H2,1-2H3,(H,14,17). The number of carbonyl (C=O) groups is 1. The Balaban J connectivity index is 2.05. The van der Waals surface area contributed by atoms with Gasteiger partial charge in [-0.1, -0.05) is 6.92 Å². The van der Waals surface area contributed by atoms with Crippen LogP contribution in [0, 0.1) is 5.92 Å². The number of aliphatic hydroxyl groups excluding tert-OH is 1. The van der Waals surface area contributed by atoms with Gasteiger partial charge >= 0.3 is 6.03 Å². The van der Waals surface area contributed by atoms with Crippen LogP contribution in [0.2, 0.25) is 0 Å². The maximum Gasteiger partial charge on any atom is 0.317 e. The fraction of sp³-hybridized carbons (Fsp3) is 0.917. The molecule has 3 N–H and O–H groups in total. The molecule has 0 aliphatic carbocycles. The fourth-order valence-corrected chi connectivity index (χ4v) is 1.89.